The Bertz CT molecular complexity index is 4300. The third-order valence-electron chi connectivity index (χ3n) is 12.0. The molecule has 0 atom stereocenters. The van der Waals surface area contributed by atoms with Crippen molar-refractivity contribution in [3.63, 3.8) is 0 Å². The molecule has 448 valence electrons. The third kappa shape index (κ3) is 15.3. The van der Waals surface area contributed by atoms with Crippen molar-refractivity contribution in [3.8, 4) is 5.88 Å². The van der Waals surface area contributed by atoms with Crippen LogP contribution in [-0.2, 0) is 46.3 Å². The number of azo groups is 2. The summed E-state index contributed by atoms with van der Waals surface area (Å²) in [6.07, 6.45) is 0. The van der Waals surface area contributed by atoms with Gasteiger partial charge in [0.1, 0.15) is 37.3 Å². The highest BCUT2D eigenvalue weighted by atomic mass is 35.5. The van der Waals surface area contributed by atoms with Crippen LogP contribution in [0.4, 0.5) is 68.4 Å². The third-order valence-corrected chi connectivity index (χ3v) is 15.6. The fourth-order valence-electron chi connectivity index (χ4n) is 8.25. The molecule has 13 N–H and O–H groups in total. The van der Waals surface area contributed by atoms with E-state index in [1.165, 1.54) is 44.2 Å². The maximum Gasteiger partial charge on any atom is 0.316 e. The van der Waals surface area contributed by atoms with Crippen molar-refractivity contribution in [2.45, 2.75) is 40.0 Å². The van der Waals surface area contributed by atoms with Gasteiger partial charge >= 0.3 is 6.03 Å². The maximum absolute atomic E-state index is 13.2. The van der Waals surface area contributed by atoms with Gasteiger partial charge in [-0.25, -0.2) is 10.1 Å². The molecular formula is C44H43Cl2N19O16S4. The van der Waals surface area contributed by atoms with E-state index in [0.29, 0.717) is 51.3 Å². The van der Waals surface area contributed by atoms with Crippen LogP contribution in [0.2, 0.25) is 10.6 Å². The molecule has 0 unspecified atom stereocenters. The Hall–Kier alpha value is -8.45. The standard InChI is InChI=1S/C44H43Cl2N19O16S4/c1-3-65-36(67)33(35(47)66)20(2)34(37(65)68)62-61-28-17-23(5-7-30(28)83(71,72)73)50-42-54-38(45)53-41(57-42)49-8-9-63-10-12-64(13-11-63)44-56-39(46)55-43(58-44)51-22-4-6-26(27(16-22)52-40(48)69)59-60-29-19-25-21(15-32(29)85(77,78)79)14-24(82-81-80-70)18-31(25)84(74,75)76/h4-7,14-19,67,70H,3,8-13H2,1-2H3,(H2,47,66)(H3,48,52,69)(H,71,72,73)(H,74,75,76)(H,77,78,79)(H,51,55,56,58)(H2,49,50,53,54,57). The normalized spacial score (nSPS) is 13.4. The Morgan fingerprint density at radius 2 is 1.33 bits per heavy atom. The number of pyridine rings is 1. The molecule has 1 aliphatic rings. The van der Waals surface area contributed by atoms with Gasteiger partial charge in [0.2, 0.25) is 40.2 Å². The number of aromatic nitrogens is 7. The summed E-state index contributed by atoms with van der Waals surface area (Å²) in [7, 11) is -15.0. The molecule has 0 radical (unpaired) electrons. The number of benzene rings is 4. The molecule has 1 fully saturated rings. The molecule has 1 aliphatic heterocycles. The molecule has 0 aliphatic carbocycles. The van der Waals surface area contributed by atoms with Gasteiger partial charge in [-0.05, 0) is 103 Å². The second-order valence-corrected chi connectivity index (χ2v) is 23.1. The van der Waals surface area contributed by atoms with E-state index in [1.54, 1.807) is 0 Å². The zero-order chi connectivity index (χ0) is 61.7. The molecule has 0 saturated carbocycles. The zero-order valence-electron chi connectivity index (χ0n) is 43.3. The fourth-order valence-corrected chi connectivity index (χ4v) is 11.1. The molecule has 85 heavy (non-hydrogen) atoms. The second kappa shape index (κ2) is 25.8. The highest BCUT2D eigenvalue weighted by Crippen LogP contribution is 2.39. The van der Waals surface area contributed by atoms with Gasteiger partial charge in [0.25, 0.3) is 41.8 Å². The number of primary amides is 2. The van der Waals surface area contributed by atoms with Crippen LogP contribution in [-0.4, -0.2) is 140 Å². The molecule has 4 aromatic carbocycles. The van der Waals surface area contributed by atoms with Crippen LogP contribution in [0.5, 0.6) is 5.88 Å². The van der Waals surface area contributed by atoms with Crippen molar-refractivity contribution in [1.29, 1.82) is 0 Å². The number of anilines is 7. The summed E-state index contributed by atoms with van der Waals surface area (Å²) in [6, 6.07) is 10.3. The van der Waals surface area contributed by atoms with Crippen LogP contribution in [0, 0.1) is 6.92 Å². The zero-order valence-corrected chi connectivity index (χ0v) is 48.1. The van der Waals surface area contributed by atoms with Crippen molar-refractivity contribution in [3.05, 3.63) is 92.7 Å². The number of piperazine rings is 1. The Kier molecular flexibility index (Phi) is 19.0. The number of hydrogen-bond acceptors (Lipinski definition) is 29. The molecule has 1 saturated heterocycles. The second-order valence-electron chi connectivity index (χ2n) is 17.5. The lowest BCUT2D eigenvalue weighted by Gasteiger charge is -2.34. The molecule has 3 aromatic heterocycles. The first-order valence-corrected chi connectivity index (χ1v) is 29.6. The lowest BCUT2D eigenvalue weighted by molar-refractivity contribution is -0.432. The van der Waals surface area contributed by atoms with Crippen LogP contribution in [0.25, 0.3) is 10.8 Å². The highest BCUT2D eigenvalue weighted by Gasteiger charge is 2.26. The Morgan fingerprint density at radius 3 is 1.96 bits per heavy atom. The van der Waals surface area contributed by atoms with E-state index in [0.717, 1.165) is 34.9 Å². The monoisotopic (exact) mass is 1290 g/mol. The summed E-state index contributed by atoms with van der Waals surface area (Å²) < 4.78 is 110. The van der Waals surface area contributed by atoms with E-state index < -0.39 is 91.0 Å². The van der Waals surface area contributed by atoms with Gasteiger partial charge in [0.05, 0.1) is 17.7 Å². The Morgan fingerprint density at radius 1 is 0.729 bits per heavy atom. The first-order valence-electron chi connectivity index (χ1n) is 23.8. The molecule has 0 spiro atoms. The van der Waals surface area contributed by atoms with Crippen LogP contribution in [0.15, 0.2) is 105 Å². The molecule has 8 rings (SSSR count). The Labute approximate surface area is 492 Å². The number of carbonyl (C=O) groups excluding carboxylic acids is 2. The number of urea groups is 1. The number of halogens is 2. The van der Waals surface area contributed by atoms with Crippen LogP contribution in [0.1, 0.15) is 22.8 Å². The number of carbonyl (C=O) groups is 2. The number of aromatic hydroxyl groups is 1. The van der Waals surface area contributed by atoms with Crippen LogP contribution in [0.3, 0.4) is 0 Å². The van der Waals surface area contributed by atoms with Gasteiger partial charge in [0, 0.05) is 73.0 Å². The van der Waals surface area contributed by atoms with Crippen molar-refractivity contribution >= 4 is 152 Å². The average molecular weight is 1290 g/mol. The van der Waals surface area contributed by atoms with Crippen LogP contribution >= 0.6 is 35.2 Å². The molecule has 0 bridgehead atoms. The predicted molar refractivity (Wildman–Crippen MR) is 303 cm³/mol. The van der Waals surface area contributed by atoms with Gasteiger partial charge in [-0.15, -0.1) is 24.8 Å². The summed E-state index contributed by atoms with van der Waals surface area (Å²) in [5.41, 5.74) is 8.12. The van der Waals surface area contributed by atoms with E-state index in [4.69, 9.17) is 39.9 Å². The number of nitrogens with one attached hydrogen (secondary N) is 4. The molecule has 4 heterocycles. The molecular weight excluding hydrogens is 1250 g/mol. The van der Waals surface area contributed by atoms with Gasteiger partial charge in [-0.2, -0.15) is 55.2 Å². The number of hydrogen-bond donors (Lipinski definition) is 11. The first kappa shape index (κ1) is 62.6. The lowest BCUT2D eigenvalue weighted by atomic mass is 10.1. The molecule has 35 nitrogen and oxygen atoms in total. The highest BCUT2D eigenvalue weighted by molar-refractivity contribution is 7.94. The largest absolute Gasteiger partial charge is 0.494 e. The van der Waals surface area contributed by atoms with E-state index >= 15 is 0 Å². The summed E-state index contributed by atoms with van der Waals surface area (Å²) in [5, 5.41) is 48.7. The first-order chi connectivity index (χ1) is 40.1. The summed E-state index contributed by atoms with van der Waals surface area (Å²) in [6.45, 7) is 5.41. The molecule has 7 aromatic rings. The smallest absolute Gasteiger partial charge is 0.316 e. The minimum atomic E-state index is -5.09. The van der Waals surface area contributed by atoms with Crippen molar-refractivity contribution in [2.75, 3.05) is 65.4 Å². The minimum absolute atomic E-state index is 0.0294. The van der Waals surface area contributed by atoms with Crippen molar-refractivity contribution in [2.24, 2.45) is 31.9 Å². The SMILES string of the molecule is CCn1c(O)c(C(N)=O)c(C)c(N=Nc2cc(Nc3nc(Cl)nc(NCCN4CCN(c5nc(Cl)nc(Nc6ccc(N=Nc7cc8c(S(=O)(=O)O)cc(SOOO)cc8cc7S(=O)(=O)O)c(NC(N)=O)c6)n5)CC4)n3)ccc2S(=O)(=O)O)c1=O. The number of nitrogens with zero attached hydrogens (tertiary/aromatic N) is 13. The van der Waals surface area contributed by atoms with Gasteiger partial charge in [-0.1, -0.05) is 5.04 Å². The van der Waals surface area contributed by atoms with E-state index in [-0.39, 0.29) is 84.9 Å². The van der Waals surface area contributed by atoms with Gasteiger partial charge in [-0.3, -0.25) is 32.7 Å². The van der Waals surface area contributed by atoms with Gasteiger partial charge in [0.15, 0.2) is 5.69 Å². The van der Waals surface area contributed by atoms with Crippen LogP contribution < -0.4 is 43.2 Å². The summed E-state index contributed by atoms with van der Waals surface area (Å²) in [4.78, 5) is 64.5. The molecule has 3 amide bonds. The number of nitrogens with two attached hydrogens (primary N) is 2. The summed E-state index contributed by atoms with van der Waals surface area (Å²) in [5.74, 6) is -1.61. The molecule has 41 heteroatoms. The topological polar surface area (TPSA) is 512 Å². The van der Waals surface area contributed by atoms with Crippen molar-refractivity contribution in [1.82, 2.24) is 39.4 Å². The number of amides is 3. The minimum Gasteiger partial charge on any atom is -0.494 e. The number of fused-ring (bicyclic) bond motifs is 1. The average Bonchev–Trinajstić information content (AvgIpc) is 1.23. The fraction of sp³-hybridized carbons (Fsp3) is 0.205. The van der Waals surface area contributed by atoms with E-state index in [2.05, 4.69) is 85.9 Å². The Balaban J connectivity index is 0.915. The predicted octanol–water partition coefficient (Wildman–Crippen LogP) is 6.02. The van der Waals surface area contributed by atoms with E-state index in [1.807, 2.05) is 4.90 Å². The van der Waals surface area contributed by atoms with Gasteiger partial charge < -0.3 is 42.7 Å². The summed E-state index contributed by atoms with van der Waals surface area (Å²) >= 11 is 12.9. The quantitative estimate of drug-likeness (QED) is 0.0121. The van der Waals surface area contributed by atoms with Crippen molar-refractivity contribution < 1.29 is 68.2 Å². The number of rotatable bonds is 22. The maximum atomic E-state index is 13.2. The van der Waals surface area contributed by atoms with E-state index in [9.17, 15) is 58.4 Å². The lowest BCUT2D eigenvalue weighted by Crippen LogP contribution is -2.48.